The Kier molecular flexibility index (Phi) is 7.82. The van der Waals surface area contributed by atoms with Crippen LogP contribution in [-0.4, -0.2) is 44.3 Å². The fraction of sp³-hybridized carbons (Fsp3) is 0.333. The summed E-state index contributed by atoms with van der Waals surface area (Å²) in [4.78, 5) is 26.4. The first kappa shape index (κ1) is 20.9. The molecule has 2 aromatic carbocycles. The summed E-state index contributed by atoms with van der Waals surface area (Å²) in [5.74, 6) is 0.470. The van der Waals surface area contributed by atoms with Crippen molar-refractivity contribution in [3.8, 4) is 5.75 Å². The molecule has 1 amide bonds. The van der Waals surface area contributed by atoms with E-state index in [1.54, 1.807) is 31.4 Å². The molecule has 0 aliphatic carbocycles. The van der Waals surface area contributed by atoms with E-state index in [1.165, 1.54) is 0 Å². The molecule has 144 valence electrons. The molecule has 0 saturated carbocycles. The van der Waals surface area contributed by atoms with Crippen LogP contribution < -0.4 is 10.1 Å². The molecule has 27 heavy (non-hydrogen) atoms. The van der Waals surface area contributed by atoms with Gasteiger partial charge in [-0.15, -0.1) is 0 Å². The quantitative estimate of drug-likeness (QED) is 0.665. The highest BCUT2D eigenvalue weighted by atomic mass is 35.5. The van der Waals surface area contributed by atoms with Crippen molar-refractivity contribution in [2.45, 2.75) is 18.9 Å². The fourth-order valence-electron chi connectivity index (χ4n) is 2.76. The minimum atomic E-state index is -0.157. The monoisotopic (exact) mass is 388 g/mol. The summed E-state index contributed by atoms with van der Waals surface area (Å²) in [6, 6.07) is 14.4. The lowest BCUT2D eigenvalue weighted by atomic mass is 10.0. The van der Waals surface area contributed by atoms with E-state index < -0.39 is 0 Å². The summed E-state index contributed by atoms with van der Waals surface area (Å²) >= 11 is 6.28. The molecule has 0 heterocycles. The van der Waals surface area contributed by atoms with E-state index in [4.69, 9.17) is 16.3 Å². The number of ketones is 1. The van der Waals surface area contributed by atoms with Gasteiger partial charge in [0.1, 0.15) is 5.75 Å². The van der Waals surface area contributed by atoms with Crippen molar-refractivity contribution in [2.24, 2.45) is 0 Å². The fourth-order valence-corrected chi connectivity index (χ4v) is 3.02. The first-order valence-electron chi connectivity index (χ1n) is 8.77. The SMILES string of the molecule is COc1ccc(C(=O)CCC(=O)NCC(c2ccccc2Cl)N(C)C)cc1. The van der Waals surface area contributed by atoms with E-state index >= 15 is 0 Å². The van der Waals surface area contributed by atoms with Crippen LogP contribution in [0.3, 0.4) is 0 Å². The van der Waals surface area contributed by atoms with Gasteiger partial charge in [-0.2, -0.15) is 0 Å². The minimum absolute atomic E-state index is 0.0417. The molecule has 1 unspecified atom stereocenters. The predicted molar refractivity (Wildman–Crippen MR) is 107 cm³/mol. The molecule has 2 rings (SSSR count). The highest BCUT2D eigenvalue weighted by molar-refractivity contribution is 6.31. The number of nitrogens with one attached hydrogen (secondary N) is 1. The summed E-state index contributed by atoms with van der Waals surface area (Å²) in [5.41, 5.74) is 1.53. The number of carbonyl (C=O) groups is 2. The average Bonchev–Trinajstić information content (AvgIpc) is 2.67. The molecule has 0 bridgehead atoms. The summed E-state index contributed by atoms with van der Waals surface area (Å²) in [6.45, 7) is 0.423. The van der Waals surface area contributed by atoms with Crippen LogP contribution in [0.4, 0.5) is 0 Å². The molecule has 5 nitrogen and oxygen atoms in total. The zero-order valence-electron chi connectivity index (χ0n) is 15.9. The van der Waals surface area contributed by atoms with Crippen LogP contribution in [0, 0.1) is 0 Å². The maximum absolute atomic E-state index is 12.2. The standard InChI is InChI=1S/C21H25ClN2O3/c1-24(2)19(17-6-4-5-7-18(17)22)14-23-21(26)13-12-20(25)15-8-10-16(27-3)11-9-15/h4-11,19H,12-14H2,1-3H3,(H,23,26). The third-order valence-electron chi connectivity index (χ3n) is 4.37. The van der Waals surface area contributed by atoms with E-state index in [-0.39, 0.29) is 30.6 Å². The van der Waals surface area contributed by atoms with Gasteiger partial charge in [-0.3, -0.25) is 9.59 Å². The molecule has 0 aliphatic heterocycles. The van der Waals surface area contributed by atoms with Crippen molar-refractivity contribution in [1.82, 2.24) is 10.2 Å². The summed E-state index contributed by atoms with van der Waals surface area (Å²) < 4.78 is 5.08. The molecule has 0 radical (unpaired) electrons. The van der Waals surface area contributed by atoms with Crippen LogP contribution in [0.1, 0.15) is 34.8 Å². The van der Waals surface area contributed by atoms with Crippen LogP contribution in [0.15, 0.2) is 48.5 Å². The lowest BCUT2D eigenvalue weighted by Gasteiger charge is -2.26. The molecular weight excluding hydrogens is 364 g/mol. The van der Waals surface area contributed by atoms with E-state index in [0.29, 0.717) is 22.9 Å². The molecule has 0 fully saturated rings. The highest BCUT2D eigenvalue weighted by Gasteiger charge is 2.18. The van der Waals surface area contributed by atoms with Crippen LogP contribution >= 0.6 is 11.6 Å². The van der Waals surface area contributed by atoms with Crippen molar-refractivity contribution in [2.75, 3.05) is 27.7 Å². The second-order valence-corrected chi connectivity index (χ2v) is 6.86. The number of benzene rings is 2. The number of methoxy groups -OCH3 is 1. The molecule has 0 saturated heterocycles. The molecule has 0 spiro atoms. The van der Waals surface area contributed by atoms with Crippen molar-refractivity contribution in [3.63, 3.8) is 0 Å². The van der Waals surface area contributed by atoms with Gasteiger partial charge in [-0.05, 0) is 50.0 Å². The first-order chi connectivity index (χ1) is 12.9. The average molecular weight is 389 g/mol. The lowest BCUT2D eigenvalue weighted by molar-refractivity contribution is -0.121. The van der Waals surface area contributed by atoms with Crippen molar-refractivity contribution < 1.29 is 14.3 Å². The van der Waals surface area contributed by atoms with Crippen LogP contribution in [0.25, 0.3) is 0 Å². The number of rotatable bonds is 9. The molecule has 0 aliphatic rings. The smallest absolute Gasteiger partial charge is 0.220 e. The van der Waals surface area contributed by atoms with E-state index in [9.17, 15) is 9.59 Å². The van der Waals surface area contributed by atoms with Crippen molar-refractivity contribution in [1.29, 1.82) is 0 Å². The van der Waals surface area contributed by atoms with Gasteiger partial charge in [0.2, 0.25) is 5.91 Å². The Morgan fingerprint density at radius 1 is 1.07 bits per heavy atom. The van der Waals surface area contributed by atoms with Crippen molar-refractivity contribution in [3.05, 3.63) is 64.7 Å². The summed E-state index contributed by atoms with van der Waals surface area (Å²) in [5, 5.41) is 3.57. The molecule has 1 atom stereocenters. The molecule has 2 aromatic rings. The molecule has 0 aromatic heterocycles. The molecule has 1 N–H and O–H groups in total. The Morgan fingerprint density at radius 3 is 2.33 bits per heavy atom. The highest BCUT2D eigenvalue weighted by Crippen LogP contribution is 2.25. The number of ether oxygens (including phenoxy) is 1. The van der Waals surface area contributed by atoms with E-state index in [1.807, 2.05) is 43.3 Å². The third kappa shape index (κ3) is 6.08. The zero-order valence-corrected chi connectivity index (χ0v) is 16.6. The third-order valence-corrected chi connectivity index (χ3v) is 4.72. The number of likely N-dealkylation sites (N-methyl/N-ethyl adjacent to an activating group) is 1. The maximum atomic E-state index is 12.2. The van der Waals surface area contributed by atoms with E-state index in [0.717, 1.165) is 5.56 Å². The topological polar surface area (TPSA) is 58.6 Å². The number of hydrogen-bond donors (Lipinski definition) is 1. The number of nitrogens with zero attached hydrogens (tertiary/aromatic N) is 1. The number of carbonyl (C=O) groups excluding carboxylic acids is 2. The minimum Gasteiger partial charge on any atom is -0.497 e. The molecular formula is C21H25ClN2O3. The summed E-state index contributed by atoms with van der Waals surface area (Å²) in [7, 11) is 5.45. The van der Waals surface area contributed by atoms with Crippen LogP contribution in [0.2, 0.25) is 5.02 Å². The number of hydrogen-bond acceptors (Lipinski definition) is 4. The number of halogens is 1. The van der Waals surface area contributed by atoms with Gasteiger partial charge in [0.15, 0.2) is 5.78 Å². The Morgan fingerprint density at radius 2 is 1.74 bits per heavy atom. The van der Waals surface area contributed by atoms with Gasteiger partial charge in [0, 0.05) is 30.0 Å². The Balaban J connectivity index is 1.87. The van der Waals surface area contributed by atoms with Crippen LogP contribution in [-0.2, 0) is 4.79 Å². The van der Waals surface area contributed by atoms with Gasteiger partial charge in [0.05, 0.1) is 13.2 Å². The molecule has 6 heteroatoms. The second-order valence-electron chi connectivity index (χ2n) is 6.46. The maximum Gasteiger partial charge on any atom is 0.220 e. The van der Waals surface area contributed by atoms with Gasteiger partial charge < -0.3 is 15.0 Å². The Hall–Kier alpha value is -2.37. The zero-order chi connectivity index (χ0) is 19.8. The van der Waals surface area contributed by atoms with Gasteiger partial charge in [-0.25, -0.2) is 0 Å². The van der Waals surface area contributed by atoms with Gasteiger partial charge in [-0.1, -0.05) is 29.8 Å². The second kappa shape index (κ2) is 10.1. The van der Waals surface area contributed by atoms with Crippen molar-refractivity contribution >= 4 is 23.3 Å². The van der Waals surface area contributed by atoms with Gasteiger partial charge in [0.25, 0.3) is 0 Å². The first-order valence-corrected chi connectivity index (χ1v) is 9.15. The number of Topliss-reactive ketones (excluding diaryl/α,β-unsaturated/α-hetero) is 1. The normalized spacial score (nSPS) is 11.9. The predicted octanol–water partition coefficient (Wildman–Crippen LogP) is 3.73. The Bertz CT molecular complexity index is 775. The summed E-state index contributed by atoms with van der Waals surface area (Å²) in [6.07, 6.45) is 0.310. The largest absolute Gasteiger partial charge is 0.497 e. The Labute approximate surface area is 165 Å². The van der Waals surface area contributed by atoms with Crippen LogP contribution in [0.5, 0.6) is 5.75 Å². The lowest BCUT2D eigenvalue weighted by Crippen LogP contribution is -2.34. The van der Waals surface area contributed by atoms with Gasteiger partial charge >= 0.3 is 0 Å². The van der Waals surface area contributed by atoms with E-state index in [2.05, 4.69) is 5.32 Å². The number of amides is 1.